The molecule has 0 aromatic carbocycles. The van der Waals surface area contributed by atoms with Crippen molar-refractivity contribution < 1.29 is 4.74 Å². The molecular weight excluding hydrogens is 246 g/mol. The van der Waals surface area contributed by atoms with Crippen molar-refractivity contribution in [2.24, 2.45) is 7.05 Å². The van der Waals surface area contributed by atoms with Crippen molar-refractivity contribution >= 4 is 11.0 Å². The zero-order valence-electron chi connectivity index (χ0n) is 11.6. The van der Waals surface area contributed by atoms with Crippen LogP contribution in [0.1, 0.15) is 19.4 Å². The van der Waals surface area contributed by atoms with Crippen molar-refractivity contribution in [1.82, 2.24) is 14.1 Å². The zero-order valence-corrected chi connectivity index (χ0v) is 11.6. The van der Waals surface area contributed by atoms with Gasteiger partial charge in [0, 0.05) is 25.4 Å². The second-order valence-electron chi connectivity index (χ2n) is 4.26. The van der Waals surface area contributed by atoms with Gasteiger partial charge in [-0.3, -0.25) is 13.9 Å². The summed E-state index contributed by atoms with van der Waals surface area (Å²) in [6.45, 7) is 4.05. The highest BCUT2D eigenvalue weighted by Gasteiger charge is 2.17. The number of hydrogen-bond acceptors (Lipinski definition) is 4. The molecule has 6 nitrogen and oxygen atoms in total. The molecule has 19 heavy (non-hydrogen) atoms. The number of ether oxygens (including phenoxy) is 1. The van der Waals surface area contributed by atoms with E-state index in [0.29, 0.717) is 29.7 Å². The Morgan fingerprint density at radius 1 is 1.32 bits per heavy atom. The Hall–Kier alpha value is -2.11. The summed E-state index contributed by atoms with van der Waals surface area (Å²) in [4.78, 5) is 28.7. The van der Waals surface area contributed by atoms with Gasteiger partial charge >= 0.3 is 5.69 Å². The summed E-state index contributed by atoms with van der Waals surface area (Å²) in [6, 6.07) is 0. The first-order chi connectivity index (χ1) is 9.06. The first-order valence-electron chi connectivity index (χ1n) is 6.22. The highest BCUT2D eigenvalue weighted by Crippen LogP contribution is 2.24. The fourth-order valence-electron chi connectivity index (χ4n) is 2.23. The molecule has 6 heteroatoms. The van der Waals surface area contributed by atoms with Crippen LogP contribution in [0.4, 0.5) is 0 Å². The third-order valence-corrected chi connectivity index (χ3v) is 3.28. The lowest BCUT2D eigenvalue weighted by Gasteiger charge is -2.13. The van der Waals surface area contributed by atoms with Gasteiger partial charge in [0.2, 0.25) is 0 Å². The normalized spacial score (nSPS) is 10.9. The first-order valence-corrected chi connectivity index (χ1v) is 6.22. The van der Waals surface area contributed by atoms with Gasteiger partial charge in [-0.05, 0) is 13.3 Å². The average Bonchev–Trinajstić information content (AvgIpc) is 2.43. The second-order valence-corrected chi connectivity index (χ2v) is 4.26. The van der Waals surface area contributed by atoms with Crippen molar-refractivity contribution in [3.63, 3.8) is 0 Å². The number of rotatable bonds is 3. The van der Waals surface area contributed by atoms with Crippen LogP contribution in [0.2, 0.25) is 0 Å². The molecule has 0 saturated carbocycles. The van der Waals surface area contributed by atoms with Crippen LogP contribution in [0.15, 0.2) is 15.8 Å². The van der Waals surface area contributed by atoms with Gasteiger partial charge in [-0.1, -0.05) is 6.92 Å². The highest BCUT2D eigenvalue weighted by atomic mass is 16.5. The van der Waals surface area contributed by atoms with Gasteiger partial charge in [-0.2, -0.15) is 0 Å². The molecule has 0 spiro atoms. The van der Waals surface area contributed by atoms with Crippen LogP contribution in [0.3, 0.4) is 0 Å². The van der Waals surface area contributed by atoms with Crippen LogP contribution in [0, 0.1) is 0 Å². The maximum atomic E-state index is 12.4. The average molecular weight is 263 g/mol. The predicted octanol–water partition coefficient (Wildman–Crippen LogP) is 0.686. The molecule has 2 aromatic rings. The summed E-state index contributed by atoms with van der Waals surface area (Å²) in [7, 11) is 3.13. The maximum Gasteiger partial charge on any atom is 0.332 e. The van der Waals surface area contributed by atoms with Crippen LogP contribution in [-0.4, -0.2) is 21.2 Å². The van der Waals surface area contributed by atoms with Crippen LogP contribution in [0.25, 0.3) is 11.0 Å². The van der Waals surface area contributed by atoms with Gasteiger partial charge < -0.3 is 4.74 Å². The number of methoxy groups -OCH3 is 1. The Balaban J connectivity index is 3.10. The number of fused-ring (bicyclic) bond motifs is 1. The van der Waals surface area contributed by atoms with E-state index in [1.54, 1.807) is 20.2 Å². The molecule has 2 aromatic heterocycles. The third-order valence-electron chi connectivity index (χ3n) is 3.28. The lowest BCUT2D eigenvalue weighted by atomic mass is 10.1. The summed E-state index contributed by atoms with van der Waals surface area (Å²) in [5.74, 6) is 0.510. The molecule has 0 aliphatic carbocycles. The minimum atomic E-state index is -0.362. The van der Waals surface area contributed by atoms with Gasteiger partial charge in [0.1, 0.15) is 11.1 Å². The summed E-state index contributed by atoms with van der Waals surface area (Å²) in [5, 5.41) is 0.366. The van der Waals surface area contributed by atoms with Crippen LogP contribution >= 0.6 is 0 Å². The first kappa shape index (κ1) is 13.3. The van der Waals surface area contributed by atoms with Gasteiger partial charge in [-0.25, -0.2) is 9.78 Å². The van der Waals surface area contributed by atoms with Crippen LogP contribution in [-0.2, 0) is 20.0 Å². The summed E-state index contributed by atoms with van der Waals surface area (Å²) in [5.41, 5.74) is 0.501. The van der Waals surface area contributed by atoms with Crippen LogP contribution in [0.5, 0.6) is 5.75 Å². The fraction of sp³-hybridized carbons (Fsp3) is 0.462. The summed E-state index contributed by atoms with van der Waals surface area (Å²) < 4.78 is 7.92. The van der Waals surface area contributed by atoms with E-state index < -0.39 is 0 Å². The minimum Gasteiger partial charge on any atom is -0.495 e. The number of pyridine rings is 1. The molecule has 0 bridgehead atoms. The van der Waals surface area contributed by atoms with E-state index in [1.807, 2.05) is 6.92 Å². The molecular formula is C13H17N3O3. The van der Waals surface area contributed by atoms with E-state index in [1.165, 1.54) is 16.2 Å². The predicted molar refractivity (Wildman–Crippen MR) is 72.8 cm³/mol. The zero-order chi connectivity index (χ0) is 14.2. The van der Waals surface area contributed by atoms with E-state index in [-0.39, 0.29) is 11.2 Å². The molecule has 0 radical (unpaired) electrons. The fourth-order valence-corrected chi connectivity index (χ4v) is 2.23. The summed E-state index contributed by atoms with van der Waals surface area (Å²) >= 11 is 0. The van der Waals surface area contributed by atoms with Crippen molar-refractivity contribution in [3.8, 4) is 5.75 Å². The molecule has 102 valence electrons. The third kappa shape index (κ3) is 1.83. The molecule has 0 N–H and O–H groups in total. The second kappa shape index (κ2) is 4.87. The van der Waals surface area contributed by atoms with E-state index >= 15 is 0 Å². The van der Waals surface area contributed by atoms with Gasteiger partial charge in [0.05, 0.1) is 7.11 Å². The topological polar surface area (TPSA) is 66.1 Å². The molecule has 0 unspecified atom stereocenters. The monoisotopic (exact) mass is 263 g/mol. The quantitative estimate of drug-likeness (QED) is 0.817. The van der Waals surface area contributed by atoms with Crippen molar-refractivity contribution in [2.45, 2.75) is 26.8 Å². The minimum absolute atomic E-state index is 0.320. The SMILES string of the molecule is CCc1cnc2c(c1OC)c(=O)n(CC)c(=O)n2C. The van der Waals surface area contributed by atoms with Crippen molar-refractivity contribution in [3.05, 3.63) is 32.6 Å². The smallest absolute Gasteiger partial charge is 0.332 e. The lowest BCUT2D eigenvalue weighted by Crippen LogP contribution is -2.39. The molecule has 0 aliphatic rings. The number of nitrogens with zero attached hydrogens (tertiary/aromatic N) is 3. The Labute approximate surface area is 110 Å². The Morgan fingerprint density at radius 2 is 2.00 bits per heavy atom. The number of aromatic nitrogens is 3. The molecule has 2 heterocycles. The molecule has 2 rings (SSSR count). The molecule has 0 saturated heterocycles. The molecule has 0 atom stereocenters. The molecule has 0 fully saturated rings. The molecule has 0 aliphatic heterocycles. The van der Waals surface area contributed by atoms with E-state index in [4.69, 9.17) is 4.74 Å². The Kier molecular flexibility index (Phi) is 3.42. The van der Waals surface area contributed by atoms with Crippen molar-refractivity contribution in [1.29, 1.82) is 0 Å². The maximum absolute atomic E-state index is 12.4. The lowest BCUT2D eigenvalue weighted by molar-refractivity contribution is 0.413. The Morgan fingerprint density at radius 3 is 2.53 bits per heavy atom. The highest BCUT2D eigenvalue weighted by molar-refractivity contribution is 5.82. The van der Waals surface area contributed by atoms with Crippen molar-refractivity contribution in [2.75, 3.05) is 7.11 Å². The van der Waals surface area contributed by atoms with Gasteiger partial charge in [-0.15, -0.1) is 0 Å². The van der Waals surface area contributed by atoms with E-state index in [2.05, 4.69) is 4.98 Å². The van der Waals surface area contributed by atoms with Crippen LogP contribution < -0.4 is 16.0 Å². The largest absolute Gasteiger partial charge is 0.495 e. The Bertz CT molecular complexity index is 743. The van der Waals surface area contributed by atoms with E-state index in [9.17, 15) is 9.59 Å². The van der Waals surface area contributed by atoms with Gasteiger partial charge in [0.25, 0.3) is 5.56 Å². The van der Waals surface area contributed by atoms with E-state index in [0.717, 1.165) is 5.56 Å². The molecule has 0 amide bonds. The number of hydrogen-bond donors (Lipinski definition) is 0. The summed E-state index contributed by atoms with van der Waals surface area (Å²) in [6.07, 6.45) is 2.36. The number of aryl methyl sites for hydroxylation is 2. The standard InChI is InChI=1S/C13H17N3O3/c1-5-8-7-14-11-9(10(8)19-4)12(17)16(6-2)13(18)15(11)3/h7H,5-6H2,1-4H3. The van der Waals surface area contributed by atoms with Gasteiger partial charge in [0.15, 0.2) is 5.65 Å².